The Bertz CT molecular complexity index is 334. The lowest BCUT2D eigenvalue weighted by Gasteiger charge is -2.15. The molecular formula is C12H20ClNO3. The van der Waals surface area contributed by atoms with Crippen molar-refractivity contribution >= 4 is 12.4 Å². The van der Waals surface area contributed by atoms with Gasteiger partial charge in [-0.3, -0.25) is 0 Å². The normalized spacial score (nSPS) is 11.5. The predicted octanol–water partition coefficient (Wildman–Crippen LogP) is 1.38. The molecule has 0 amide bonds. The maximum absolute atomic E-state index is 8.95. The minimum atomic E-state index is -0.272. The third-order valence-corrected chi connectivity index (χ3v) is 2.29. The molecule has 1 aromatic carbocycles. The van der Waals surface area contributed by atoms with Crippen LogP contribution < -0.4 is 15.2 Å². The number of aliphatic hydroxyl groups excluding tert-OH is 1. The molecule has 0 saturated carbocycles. The molecule has 1 atom stereocenters. The van der Waals surface area contributed by atoms with Gasteiger partial charge >= 0.3 is 0 Å². The van der Waals surface area contributed by atoms with E-state index in [1.54, 1.807) is 7.11 Å². The molecule has 0 heterocycles. The van der Waals surface area contributed by atoms with Gasteiger partial charge < -0.3 is 20.3 Å². The van der Waals surface area contributed by atoms with Crippen LogP contribution in [-0.4, -0.2) is 31.5 Å². The molecule has 0 fully saturated rings. The Hall–Kier alpha value is -0.970. The minimum absolute atomic E-state index is 0. The van der Waals surface area contributed by atoms with E-state index >= 15 is 0 Å². The third-order valence-electron chi connectivity index (χ3n) is 2.29. The SMILES string of the molecule is CCOc1c(CC(N)CO)cccc1OC.Cl. The van der Waals surface area contributed by atoms with Gasteiger partial charge in [0.05, 0.1) is 20.3 Å². The number of nitrogens with two attached hydrogens (primary N) is 1. The molecular weight excluding hydrogens is 242 g/mol. The van der Waals surface area contributed by atoms with Crippen LogP contribution in [0, 0.1) is 0 Å². The summed E-state index contributed by atoms with van der Waals surface area (Å²) in [5.74, 6) is 1.42. The van der Waals surface area contributed by atoms with Crippen LogP contribution in [0.4, 0.5) is 0 Å². The van der Waals surface area contributed by atoms with Crippen molar-refractivity contribution in [3.05, 3.63) is 23.8 Å². The smallest absolute Gasteiger partial charge is 0.164 e. The first-order valence-corrected chi connectivity index (χ1v) is 5.38. The summed E-state index contributed by atoms with van der Waals surface area (Å²) < 4.78 is 10.8. The largest absolute Gasteiger partial charge is 0.493 e. The van der Waals surface area contributed by atoms with Gasteiger partial charge in [0.2, 0.25) is 0 Å². The van der Waals surface area contributed by atoms with Gasteiger partial charge in [0.1, 0.15) is 0 Å². The molecule has 1 unspecified atom stereocenters. The number of ether oxygens (including phenoxy) is 2. The van der Waals surface area contributed by atoms with Crippen molar-refractivity contribution in [2.45, 2.75) is 19.4 Å². The fourth-order valence-corrected chi connectivity index (χ4v) is 1.54. The van der Waals surface area contributed by atoms with Gasteiger partial charge in [-0.05, 0) is 25.0 Å². The van der Waals surface area contributed by atoms with Gasteiger partial charge in [0.25, 0.3) is 0 Å². The Kier molecular flexibility index (Phi) is 7.70. The first-order valence-electron chi connectivity index (χ1n) is 5.38. The van der Waals surface area contributed by atoms with Crippen LogP contribution in [0.25, 0.3) is 0 Å². The van der Waals surface area contributed by atoms with E-state index in [2.05, 4.69) is 0 Å². The molecule has 0 radical (unpaired) electrons. The molecule has 5 heteroatoms. The van der Waals surface area contributed by atoms with E-state index < -0.39 is 0 Å². The summed E-state index contributed by atoms with van der Waals surface area (Å²) in [6.45, 7) is 2.45. The highest BCUT2D eigenvalue weighted by Crippen LogP contribution is 2.31. The van der Waals surface area contributed by atoms with Crippen LogP contribution in [0.5, 0.6) is 11.5 Å². The molecule has 17 heavy (non-hydrogen) atoms. The maximum atomic E-state index is 8.95. The molecule has 0 aliphatic carbocycles. The lowest BCUT2D eigenvalue weighted by atomic mass is 10.1. The first kappa shape index (κ1) is 16.0. The van der Waals surface area contributed by atoms with Gasteiger partial charge in [-0.15, -0.1) is 12.4 Å². The number of hydrogen-bond donors (Lipinski definition) is 2. The highest BCUT2D eigenvalue weighted by Gasteiger charge is 2.12. The highest BCUT2D eigenvalue weighted by molar-refractivity contribution is 5.85. The molecule has 3 N–H and O–H groups in total. The van der Waals surface area contributed by atoms with Gasteiger partial charge in [0, 0.05) is 6.04 Å². The number of halogens is 1. The highest BCUT2D eigenvalue weighted by atomic mass is 35.5. The lowest BCUT2D eigenvalue weighted by Crippen LogP contribution is -2.27. The average Bonchev–Trinajstić information content (AvgIpc) is 2.31. The molecule has 0 aromatic heterocycles. The van der Waals surface area contributed by atoms with Crippen LogP contribution in [0.1, 0.15) is 12.5 Å². The zero-order valence-electron chi connectivity index (χ0n) is 10.2. The Balaban J connectivity index is 0.00000256. The summed E-state index contributed by atoms with van der Waals surface area (Å²) in [6, 6.07) is 5.40. The maximum Gasteiger partial charge on any atom is 0.164 e. The summed E-state index contributed by atoms with van der Waals surface area (Å²) in [5.41, 5.74) is 6.68. The molecule has 98 valence electrons. The van der Waals surface area contributed by atoms with E-state index in [1.807, 2.05) is 25.1 Å². The molecule has 0 spiro atoms. The van der Waals surface area contributed by atoms with E-state index in [0.717, 1.165) is 11.3 Å². The number of aliphatic hydroxyl groups is 1. The summed E-state index contributed by atoms with van der Waals surface area (Å²) in [6.07, 6.45) is 0.572. The fraction of sp³-hybridized carbons (Fsp3) is 0.500. The van der Waals surface area contributed by atoms with Crippen molar-refractivity contribution in [3.63, 3.8) is 0 Å². The van der Waals surface area contributed by atoms with Crippen molar-refractivity contribution in [2.75, 3.05) is 20.3 Å². The Morgan fingerprint density at radius 3 is 2.65 bits per heavy atom. The average molecular weight is 262 g/mol. The molecule has 0 aliphatic rings. The van der Waals surface area contributed by atoms with Gasteiger partial charge in [-0.2, -0.15) is 0 Å². The molecule has 1 aromatic rings. The van der Waals surface area contributed by atoms with Crippen LogP contribution in [0.2, 0.25) is 0 Å². The van der Waals surface area contributed by atoms with Crippen LogP contribution >= 0.6 is 12.4 Å². The molecule has 0 aliphatic heterocycles. The summed E-state index contributed by atoms with van der Waals surface area (Å²) in [5, 5.41) is 8.95. The lowest BCUT2D eigenvalue weighted by molar-refractivity contribution is 0.262. The summed E-state index contributed by atoms with van der Waals surface area (Å²) in [4.78, 5) is 0. The monoisotopic (exact) mass is 261 g/mol. The standard InChI is InChI=1S/C12H19NO3.ClH/c1-3-16-12-9(7-10(13)8-14)5-4-6-11(12)15-2;/h4-6,10,14H,3,7-8,13H2,1-2H3;1H. The molecule has 0 saturated heterocycles. The third kappa shape index (κ3) is 4.42. The number of hydrogen-bond acceptors (Lipinski definition) is 4. The number of methoxy groups -OCH3 is 1. The van der Waals surface area contributed by atoms with Crippen LogP contribution in [0.3, 0.4) is 0 Å². The zero-order valence-corrected chi connectivity index (χ0v) is 11.0. The van der Waals surface area contributed by atoms with E-state index in [1.165, 1.54) is 0 Å². The zero-order chi connectivity index (χ0) is 12.0. The fourth-order valence-electron chi connectivity index (χ4n) is 1.54. The van der Waals surface area contributed by atoms with Crippen molar-refractivity contribution in [1.82, 2.24) is 0 Å². The van der Waals surface area contributed by atoms with Crippen molar-refractivity contribution in [3.8, 4) is 11.5 Å². The Morgan fingerprint density at radius 1 is 1.41 bits per heavy atom. The second kappa shape index (κ2) is 8.17. The van der Waals surface area contributed by atoms with Crippen LogP contribution in [0.15, 0.2) is 18.2 Å². The van der Waals surface area contributed by atoms with Gasteiger partial charge in [0.15, 0.2) is 11.5 Å². The molecule has 1 rings (SSSR count). The quantitative estimate of drug-likeness (QED) is 0.812. The van der Waals surface area contributed by atoms with Crippen molar-refractivity contribution in [2.24, 2.45) is 5.73 Å². The van der Waals surface area contributed by atoms with Crippen LogP contribution in [-0.2, 0) is 6.42 Å². The van der Waals surface area contributed by atoms with Crippen molar-refractivity contribution in [1.29, 1.82) is 0 Å². The minimum Gasteiger partial charge on any atom is -0.493 e. The number of para-hydroxylation sites is 1. The first-order chi connectivity index (χ1) is 7.72. The molecule has 4 nitrogen and oxygen atoms in total. The summed E-state index contributed by atoms with van der Waals surface area (Å²) >= 11 is 0. The number of rotatable bonds is 6. The second-order valence-corrected chi connectivity index (χ2v) is 3.53. The van der Waals surface area contributed by atoms with Crippen molar-refractivity contribution < 1.29 is 14.6 Å². The second-order valence-electron chi connectivity index (χ2n) is 3.53. The van der Waals surface area contributed by atoms with E-state index in [9.17, 15) is 0 Å². The van der Waals surface area contributed by atoms with Gasteiger partial charge in [-0.25, -0.2) is 0 Å². The Labute approximate surface area is 108 Å². The molecule has 0 bridgehead atoms. The van der Waals surface area contributed by atoms with Gasteiger partial charge in [-0.1, -0.05) is 12.1 Å². The Morgan fingerprint density at radius 2 is 2.12 bits per heavy atom. The van der Waals surface area contributed by atoms with E-state index in [0.29, 0.717) is 18.8 Å². The van der Waals surface area contributed by atoms with E-state index in [-0.39, 0.29) is 25.1 Å². The number of benzene rings is 1. The topological polar surface area (TPSA) is 64.7 Å². The predicted molar refractivity (Wildman–Crippen MR) is 70.2 cm³/mol. The van der Waals surface area contributed by atoms with E-state index in [4.69, 9.17) is 20.3 Å². The summed E-state index contributed by atoms with van der Waals surface area (Å²) in [7, 11) is 1.60.